The van der Waals surface area contributed by atoms with E-state index < -0.39 is 9.84 Å². The molecule has 0 amide bonds. The lowest BCUT2D eigenvalue weighted by atomic mass is 9.84. The van der Waals surface area contributed by atoms with Gasteiger partial charge in [0, 0.05) is 17.5 Å². The van der Waals surface area contributed by atoms with E-state index in [4.69, 9.17) is 16.6 Å². The van der Waals surface area contributed by atoms with E-state index in [2.05, 4.69) is 11.1 Å². The minimum atomic E-state index is -3.21. The average molecular weight is 507 g/mol. The maximum Gasteiger partial charge on any atom is 0.175 e. The molecule has 0 saturated heterocycles. The third-order valence-electron chi connectivity index (χ3n) is 6.82. The largest absolute Gasteiger partial charge is 0.516 e. The fourth-order valence-electron chi connectivity index (χ4n) is 4.81. The second-order valence-corrected chi connectivity index (χ2v) is 11.8. The first kappa shape index (κ1) is 23.6. The highest BCUT2D eigenvalue weighted by Gasteiger charge is 2.19. The lowest BCUT2D eigenvalue weighted by molar-refractivity contribution is 0.385. The van der Waals surface area contributed by atoms with Crippen molar-refractivity contribution in [3.63, 3.8) is 0 Å². The third kappa shape index (κ3) is 5.14. The lowest BCUT2D eigenvalue weighted by Gasteiger charge is -2.22. The van der Waals surface area contributed by atoms with Crippen LogP contribution in [0.3, 0.4) is 0 Å². The number of aliphatic hydroxyl groups excluding tert-OH is 1. The van der Waals surface area contributed by atoms with Crippen LogP contribution in [-0.2, 0) is 16.3 Å². The Morgan fingerprint density at radius 1 is 1.00 bits per heavy atom. The average Bonchev–Trinajstić information content (AvgIpc) is 3.24. The predicted octanol–water partition coefficient (Wildman–Crippen LogP) is 7.13. The number of nitrogens with one attached hydrogen (secondary N) is 1. The van der Waals surface area contributed by atoms with Gasteiger partial charge >= 0.3 is 0 Å². The molecule has 1 fully saturated rings. The van der Waals surface area contributed by atoms with Crippen molar-refractivity contribution in [2.24, 2.45) is 5.92 Å². The molecule has 2 aromatic carbocycles. The molecular formula is C28H27ClN2O3S. The summed E-state index contributed by atoms with van der Waals surface area (Å²) in [5.41, 5.74) is 7.73. The van der Waals surface area contributed by atoms with E-state index in [1.54, 1.807) is 12.1 Å². The summed E-state index contributed by atoms with van der Waals surface area (Å²) in [5.74, 6) is 0.598. The number of hydrogen-bond donors (Lipinski definition) is 2. The molecule has 2 heterocycles. The van der Waals surface area contributed by atoms with E-state index in [0.717, 1.165) is 76.8 Å². The summed E-state index contributed by atoms with van der Waals surface area (Å²) >= 11 is 6.62. The van der Waals surface area contributed by atoms with Crippen LogP contribution in [0.5, 0.6) is 0 Å². The minimum absolute atomic E-state index is 0.309. The molecule has 1 aliphatic carbocycles. The second kappa shape index (κ2) is 9.51. The van der Waals surface area contributed by atoms with Gasteiger partial charge in [-0.15, -0.1) is 0 Å². The smallest absolute Gasteiger partial charge is 0.175 e. The lowest BCUT2D eigenvalue weighted by Crippen LogP contribution is -2.11. The summed E-state index contributed by atoms with van der Waals surface area (Å²) in [6.07, 6.45) is 7.55. The van der Waals surface area contributed by atoms with E-state index in [0.29, 0.717) is 15.8 Å². The van der Waals surface area contributed by atoms with E-state index in [1.807, 2.05) is 42.5 Å². The molecule has 0 aliphatic heterocycles. The Morgan fingerprint density at radius 3 is 2.20 bits per heavy atom. The van der Waals surface area contributed by atoms with Gasteiger partial charge in [-0.05, 0) is 79.0 Å². The van der Waals surface area contributed by atoms with Crippen LogP contribution in [0.2, 0.25) is 5.02 Å². The molecule has 2 N–H and O–H groups in total. The van der Waals surface area contributed by atoms with Crippen molar-refractivity contribution in [2.45, 2.75) is 37.0 Å². The van der Waals surface area contributed by atoms with Crippen LogP contribution < -0.4 is 0 Å². The Kier molecular flexibility index (Phi) is 6.43. The number of fused-ring (bicyclic) bond motifs is 1. The third-order valence-corrected chi connectivity index (χ3v) is 8.24. The monoisotopic (exact) mass is 506 g/mol. The first-order valence-electron chi connectivity index (χ1n) is 11.7. The van der Waals surface area contributed by atoms with Crippen LogP contribution in [0.1, 0.15) is 31.4 Å². The van der Waals surface area contributed by atoms with Gasteiger partial charge in [0.25, 0.3) is 0 Å². The molecule has 0 atom stereocenters. The highest BCUT2D eigenvalue weighted by atomic mass is 35.5. The zero-order valence-corrected chi connectivity index (χ0v) is 21.0. The van der Waals surface area contributed by atoms with E-state index >= 15 is 0 Å². The summed E-state index contributed by atoms with van der Waals surface area (Å²) in [5, 5.41) is 9.80. The molecule has 1 aliphatic rings. The number of benzene rings is 2. The number of allylic oxidation sites excluding steroid dienone is 1. The standard InChI is InChI=1S/C28H27ClN2O3S/c1-35(33,34)24-12-10-21(11-13-24)20-6-8-22(9-7-20)28-25(29)16-27-26(31-28)15-23(30-27)14-18-2-4-19(17-32)5-3-18/h6-13,15-18,30,32H,2-5,14H2,1H3. The Morgan fingerprint density at radius 2 is 1.60 bits per heavy atom. The summed E-state index contributed by atoms with van der Waals surface area (Å²) in [6, 6.07) is 18.9. The number of pyridine rings is 1. The van der Waals surface area contributed by atoms with Gasteiger partial charge in [0.2, 0.25) is 0 Å². The molecule has 4 aromatic rings. The van der Waals surface area contributed by atoms with E-state index in [1.165, 1.54) is 12.5 Å². The zero-order valence-electron chi connectivity index (χ0n) is 19.5. The van der Waals surface area contributed by atoms with Gasteiger partial charge in [0.05, 0.1) is 32.9 Å². The maximum atomic E-state index is 11.7. The fourth-order valence-corrected chi connectivity index (χ4v) is 5.70. The van der Waals surface area contributed by atoms with Crippen LogP contribution >= 0.6 is 11.6 Å². The fraction of sp³-hybridized carbons (Fsp3) is 0.250. The van der Waals surface area contributed by atoms with Crippen molar-refractivity contribution in [3.05, 3.63) is 83.2 Å². The van der Waals surface area contributed by atoms with Crippen LogP contribution in [-0.4, -0.2) is 29.7 Å². The Bertz CT molecular complexity index is 1490. The summed E-state index contributed by atoms with van der Waals surface area (Å²) in [7, 11) is -3.21. The van der Waals surface area contributed by atoms with Crippen LogP contribution in [0.4, 0.5) is 0 Å². The maximum absolute atomic E-state index is 11.7. The van der Waals surface area contributed by atoms with E-state index in [9.17, 15) is 13.5 Å². The SMILES string of the molecule is CS(=O)(=O)c1ccc(-c2ccc(-c3nc4cc(CC5CCC(=CO)CC5)[nH]c4cc3Cl)cc2)cc1. The number of nitrogens with zero attached hydrogens (tertiary/aromatic N) is 1. The van der Waals surface area contributed by atoms with Gasteiger partial charge < -0.3 is 10.1 Å². The van der Waals surface area contributed by atoms with Crippen molar-refractivity contribution >= 4 is 32.5 Å². The van der Waals surface area contributed by atoms with E-state index in [-0.39, 0.29) is 0 Å². The van der Waals surface area contributed by atoms with Gasteiger partial charge in [0.15, 0.2) is 9.84 Å². The van der Waals surface area contributed by atoms with Crippen molar-refractivity contribution in [3.8, 4) is 22.4 Å². The van der Waals surface area contributed by atoms with Crippen molar-refractivity contribution in [1.82, 2.24) is 9.97 Å². The Labute approximate surface area is 210 Å². The predicted molar refractivity (Wildman–Crippen MR) is 141 cm³/mol. The van der Waals surface area contributed by atoms with Gasteiger partial charge in [0.1, 0.15) is 0 Å². The number of rotatable bonds is 5. The minimum Gasteiger partial charge on any atom is -0.516 e. The molecule has 0 radical (unpaired) electrons. The molecule has 7 heteroatoms. The van der Waals surface area contributed by atoms with Gasteiger partial charge in [-0.1, -0.05) is 48.0 Å². The highest BCUT2D eigenvalue weighted by Crippen LogP contribution is 2.33. The summed E-state index contributed by atoms with van der Waals surface area (Å²) in [6.45, 7) is 0. The van der Waals surface area contributed by atoms with Crippen molar-refractivity contribution in [1.29, 1.82) is 0 Å². The van der Waals surface area contributed by atoms with Crippen LogP contribution in [0.25, 0.3) is 33.4 Å². The number of halogens is 1. The number of H-pyrrole nitrogens is 1. The van der Waals surface area contributed by atoms with Gasteiger partial charge in [-0.3, -0.25) is 0 Å². The molecule has 1 saturated carbocycles. The van der Waals surface area contributed by atoms with Gasteiger partial charge in [-0.2, -0.15) is 0 Å². The molecule has 35 heavy (non-hydrogen) atoms. The quantitative estimate of drug-likeness (QED) is 0.282. The number of aliphatic hydroxyl groups is 1. The molecule has 0 unspecified atom stereocenters. The molecule has 0 bridgehead atoms. The molecule has 180 valence electrons. The molecule has 0 spiro atoms. The number of aromatic nitrogens is 2. The zero-order chi connectivity index (χ0) is 24.6. The van der Waals surface area contributed by atoms with Crippen LogP contribution in [0.15, 0.2) is 77.4 Å². The van der Waals surface area contributed by atoms with Crippen molar-refractivity contribution < 1.29 is 13.5 Å². The first-order valence-corrected chi connectivity index (χ1v) is 14.0. The highest BCUT2D eigenvalue weighted by molar-refractivity contribution is 7.90. The summed E-state index contributed by atoms with van der Waals surface area (Å²) in [4.78, 5) is 8.64. The molecular weight excluding hydrogens is 480 g/mol. The number of aromatic amines is 1. The Balaban J connectivity index is 1.36. The number of sulfone groups is 1. The molecule has 5 nitrogen and oxygen atoms in total. The number of hydrogen-bond acceptors (Lipinski definition) is 4. The first-order chi connectivity index (χ1) is 16.8. The second-order valence-electron chi connectivity index (χ2n) is 9.35. The van der Waals surface area contributed by atoms with Crippen molar-refractivity contribution in [2.75, 3.05) is 6.26 Å². The topological polar surface area (TPSA) is 83.1 Å². The Hall–Kier alpha value is -3.09. The normalized spacial score (nSPS) is 16.5. The molecule has 5 rings (SSSR count). The molecule has 2 aromatic heterocycles. The van der Waals surface area contributed by atoms with Gasteiger partial charge in [-0.25, -0.2) is 13.4 Å². The summed E-state index contributed by atoms with van der Waals surface area (Å²) < 4.78 is 23.4. The van der Waals surface area contributed by atoms with Crippen LogP contribution in [0, 0.1) is 5.92 Å².